The Morgan fingerprint density at radius 2 is 1.66 bits per heavy atom. The van der Waals surface area contributed by atoms with E-state index in [4.69, 9.17) is 14.5 Å². The van der Waals surface area contributed by atoms with Gasteiger partial charge in [-0.25, -0.2) is 13.4 Å². The highest BCUT2D eigenvalue weighted by molar-refractivity contribution is 7.90. The summed E-state index contributed by atoms with van der Waals surface area (Å²) < 4.78 is 39.8. The van der Waals surface area contributed by atoms with Crippen LogP contribution < -0.4 is 19.5 Å². The molecule has 13 nitrogen and oxygen atoms in total. The third-order valence-electron chi connectivity index (χ3n) is 11.1. The van der Waals surface area contributed by atoms with E-state index in [1.165, 1.54) is 4.90 Å². The summed E-state index contributed by atoms with van der Waals surface area (Å²) in [6.07, 6.45) is 3.27. The van der Waals surface area contributed by atoms with E-state index in [0.29, 0.717) is 54.0 Å². The molecule has 302 valence electrons. The maximum Gasteiger partial charge on any atom is 0.256 e. The molecule has 2 saturated heterocycles. The Morgan fingerprint density at radius 3 is 2.29 bits per heavy atom. The SMILES string of the molecule is COc1ccc2c(O[C@@H]3C[C@@H](C(=O)N[C@@H](C(=O)NS(=O)(=O)C4CC4)C(C)C)N(C(=O)[C@@H](CC(=O)N4CCCCC4)C(C)(C)C)C3)cc(-c3ccccc3)nc2c1. The van der Waals surface area contributed by atoms with Crippen LogP contribution in [-0.2, 0) is 29.2 Å². The Kier molecular flexibility index (Phi) is 12.3. The molecule has 2 aromatic carbocycles. The van der Waals surface area contributed by atoms with Crippen molar-refractivity contribution in [1.29, 1.82) is 0 Å². The van der Waals surface area contributed by atoms with Crippen molar-refractivity contribution in [2.75, 3.05) is 26.7 Å². The smallest absolute Gasteiger partial charge is 0.256 e. The number of rotatable bonds is 13. The van der Waals surface area contributed by atoms with Crippen LogP contribution in [0.1, 0.15) is 79.6 Å². The lowest BCUT2D eigenvalue weighted by Crippen LogP contribution is -2.56. The largest absolute Gasteiger partial charge is 0.497 e. The number of carbonyl (C=O) groups is 4. The molecule has 4 atom stereocenters. The number of sulfonamides is 1. The molecule has 0 bridgehead atoms. The zero-order chi connectivity index (χ0) is 40.4. The molecule has 4 amide bonds. The quantitative estimate of drug-likeness (QED) is 0.241. The second-order valence-corrected chi connectivity index (χ2v) is 18.7. The number of methoxy groups -OCH3 is 1. The van der Waals surface area contributed by atoms with Crippen molar-refractivity contribution in [1.82, 2.24) is 24.8 Å². The first kappa shape index (κ1) is 40.9. The lowest BCUT2D eigenvalue weighted by Gasteiger charge is -2.36. The number of nitrogens with zero attached hydrogens (tertiary/aromatic N) is 3. The van der Waals surface area contributed by atoms with Crippen LogP contribution >= 0.6 is 0 Å². The number of piperidine rings is 1. The summed E-state index contributed by atoms with van der Waals surface area (Å²) in [4.78, 5) is 64.4. The molecule has 1 saturated carbocycles. The number of nitrogens with one attached hydrogen (secondary N) is 2. The zero-order valence-electron chi connectivity index (χ0n) is 33.2. The van der Waals surface area contributed by atoms with E-state index >= 15 is 0 Å². The summed E-state index contributed by atoms with van der Waals surface area (Å²) in [5, 5.41) is 2.88. The fourth-order valence-electron chi connectivity index (χ4n) is 7.57. The highest BCUT2D eigenvalue weighted by Gasteiger charge is 2.47. The molecule has 3 fully saturated rings. The van der Waals surface area contributed by atoms with Gasteiger partial charge in [-0.15, -0.1) is 0 Å². The van der Waals surface area contributed by atoms with Gasteiger partial charge in [-0.3, -0.25) is 23.9 Å². The van der Waals surface area contributed by atoms with E-state index < -0.39 is 62.5 Å². The number of aromatic nitrogens is 1. The van der Waals surface area contributed by atoms with E-state index in [9.17, 15) is 27.6 Å². The van der Waals surface area contributed by atoms with Crippen molar-refractivity contribution >= 4 is 44.6 Å². The van der Waals surface area contributed by atoms with Gasteiger partial charge in [0.25, 0.3) is 5.91 Å². The summed E-state index contributed by atoms with van der Waals surface area (Å²) >= 11 is 0. The molecule has 2 N–H and O–H groups in total. The second-order valence-electron chi connectivity index (χ2n) is 16.7. The molecule has 2 aliphatic heterocycles. The van der Waals surface area contributed by atoms with Gasteiger partial charge < -0.3 is 24.6 Å². The maximum absolute atomic E-state index is 14.8. The number of carbonyl (C=O) groups excluding carboxylic acids is 4. The van der Waals surface area contributed by atoms with Crippen LogP contribution in [0.25, 0.3) is 22.2 Å². The Balaban J connectivity index is 1.32. The van der Waals surface area contributed by atoms with E-state index in [2.05, 4.69) is 10.0 Å². The van der Waals surface area contributed by atoms with E-state index in [1.807, 2.05) is 80.3 Å². The Labute approximate surface area is 329 Å². The van der Waals surface area contributed by atoms with Crippen LogP contribution in [0.4, 0.5) is 0 Å². The molecule has 56 heavy (non-hydrogen) atoms. The summed E-state index contributed by atoms with van der Waals surface area (Å²) in [5.41, 5.74) is 1.54. The average Bonchev–Trinajstić information content (AvgIpc) is 3.96. The fourth-order valence-corrected chi connectivity index (χ4v) is 8.90. The number of hydrogen-bond acceptors (Lipinski definition) is 9. The van der Waals surface area contributed by atoms with Crippen LogP contribution in [0.15, 0.2) is 54.6 Å². The first-order valence-electron chi connectivity index (χ1n) is 19.7. The van der Waals surface area contributed by atoms with Crippen molar-refractivity contribution in [2.24, 2.45) is 17.3 Å². The maximum atomic E-state index is 14.8. The lowest BCUT2D eigenvalue weighted by atomic mass is 9.77. The summed E-state index contributed by atoms with van der Waals surface area (Å²) in [7, 11) is -2.28. The van der Waals surface area contributed by atoms with Crippen molar-refractivity contribution in [2.45, 2.75) is 103 Å². The molecule has 0 unspecified atom stereocenters. The predicted octanol–water partition coefficient (Wildman–Crippen LogP) is 5.07. The monoisotopic (exact) mass is 789 g/mol. The second kappa shape index (κ2) is 16.8. The summed E-state index contributed by atoms with van der Waals surface area (Å²) in [6, 6.07) is 14.7. The number of likely N-dealkylation sites (tertiary alicyclic amines) is 2. The van der Waals surface area contributed by atoms with Crippen LogP contribution in [0, 0.1) is 17.3 Å². The molecule has 0 spiro atoms. The number of benzene rings is 2. The normalized spacial score (nSPS) is 20.1. The van der Waals surface area contributed by atoms with Gasteiger partial charge >= 0.3 is 0 Å². The Hall–Kier alpha value is -4.72. The van der Waals surface area contributed by atoms with Crippen molar-refractivity contribution in [3.8, 4) is 22.8 Å². The first-order valence-corrected chi connectivity index (χ1v) is 21.3. The molecular formula is C42H55N5O8S. The summed E-state index contributed by atoms with van der Waals surface area (Å²) in [5.74, 6) is -1.97. The van der Waals surface area contributed by atoms with Crippen LogP contribution in [0.5, 0.6) is 11.5 Å². The van der Waals surface area contributed by atoms with Crippen molar-refractivity contribution < 1.29 is 37.1 Å². The van der Waals surface area contributed by atoms with E-state index in [0.717, 1.165) is 24.8 Å². The van der Waals surface area contributed by atoms with Gasteiger partial charge in [0, 0.05) is 49.0 Å². The molecule has 1 aromatic heterocycles. The molecule has 14 heteroatoms. The number of amides is 4. The van der Waals surface area contributed by atoms with Gasteiger partial charge in [0.05, 0.1) is 36.0 Å². The minimum atomic E-state index is -3.87. The van der Waals surface area contributed by atoms with Crippen molar-refractivity contribution in [3.63, 3.8) is 0 Å². The fraction of sp³-hybridized carbons (Fsp3) is 0.548. The van der Waals surface area contributed by atoms with E-state index in [1.54, 1.807) is 21.0 Å². The van der Waals surface area contributed by atoms with Gasteiger partial charge in [-0.05, 0) is 55.6 Å². The van der Waals surface area contributed by atoms with Gasteiger partial charge in [0.2, 0.25) is 27.7 Å². The Morgan fingerprint density at radius 1 is 0.964 bits per heavy atom. The number of ether oxygens (including phenoxy) is 2. The van der Waals surface area contributed by atoms with Gasteiger partial charge in [0.1, 0.15) is 29.7 Å². The molecule has 6 rings (SSSR count). The van der Waals surface area contributed by atoms with Crippen molar-refractivity contribution in [3.05, 3.63) is 54.6 Å². The highest BCUT2D eigenvalue weighted by atomic mass is 32.2. The first-order chi connectivity index (χ1) is 26.5. The van der Waals surface area contributed by atoms with Crippen LogP contribution in [0.2, 0.25) is 0 Å². The number of fused-ring (bicyclic) bond motifs is 1. The van der Waals surface area contributed by atoms with Gasteiger partial charge in [0.15, 0.2) is 0 Å². The highest BCUT2D eigenvalue weighted by Crippen LogP contribution is 2.37. The molecule has 3 heterocycles. The minimum absolute atomic E-state index is 0.00793. The molecule has 3 aromatic rings. The number of pyridine rings is 1. The topological polar surface area (TPSA) is 164 Å². The van der Waals surface area contributed by atoms with Crippen LogP contribution in [-0.4, -0.2) is 97.0 Å². The van der Waals surface area contributed by atoms with E-state index in [-0.39, 0.29) is 31.2 Å². The standard InChI is InChI=1S/C42H55N5O8S/c1-26(2)38(40(50)45-56(52,53)30-16-17-30)44-39(49)35-22-29(25-47(35)41(51)32(42(3,4)5)23-37(48)46-19-11-8-12-20-46)55-36-24-33(27-13-9-7-10-14-27)43-34-21-28(54-6)15-18-31(34)36/h7,9-10,13-15,18,21,24,26,29-30,32,35,38H,8,11-12,16-17,19-20,22-23,25H2,1-6H3,(H,44,49)(H,45,50)/t29-,32-,35+,38-/m1/s1. The van der Waals surface area contributed by atoms with Gasteiger partial charge in [-0.1, -0.05) is 65.0 Å². The summed E-state index contributed by atoms with van der Waals surface area (Å²) in [6.45, 7) is 10.5. The third kappa shape index (κ3) is 9.45. The minimum Gasteiger partial charge on any atom is -0.497 e. The molecule has 3 aliphatic rings. The number of hydrogen-bond donors (Lipinski definition) is 2. The molecule has 1 aliphatic carbocycles. The molecule has 0 radical (unpaired) electrons. The predicted molar refractivity (Wildman–Crippen MR) is 213 cm³/mol. The van der Waals surface area contributed by atoms with Gasteiger partial charge in [-0.2, -0.15) is 0 Å². The average molecular weight is 790 g/mol. The lowest BCUT2D eigenvalue weighted by molar-refractivity contribution is -0.148. The Bertz CT molecular complexity index is 2040. The third-order valence-corrected chi connectivity index (χ3v) is 12.9. The molecular weight excluding hydrogens is 735 g/mol. The van der Waals surface area contributed by atoms with Crippen LogP contribution in [0.3, 0.4) is 0 Å². The zero-order valence-corrected chi connectivity index (χ0v) is 34.1.